The minimum atomic E-state index is -3.54. The summed E-state index contributed by atoms with van der Waals surface area (Å²) in [5.41, 5.74) is 0.878. The highest BCUT2D eigenvalue weighted by atomic mass is 35.5. The number of halogens is 1. The van der Waals surface area contributed by atoms with Crippen LogP contribution in [-0.4, -0.2) is 46.2 Å². The van der Waals surface area contributed by atoms with Crippen LogP contribution in [0.3, 0.4) is 0 Å². The Balaban J connectivity index is 0.00000280. The monoisotopic (exact) mass is 431 g/mol. The molecule has 0 radical (unpaired) electrons. The molecule has 0 saturated carbocycles. The average Bonchev–Trinajstić information content (AvgIpc) is 3.19. The van der Waals surface area contributed by atoms with Gasteiger partial charge < -0.3 is 15.4 Å². The SMILES string of the molecule is C[C@H]1C[C@@H](C(=O)NCc2ccc(S(=O)(=O)NCC3CCCO3)cc2)CCN1.Cl. The van der Waals surface area contributed by atoms with E-state index in [2.05, 4.69) is 22.3 Å². The van der Waals surface area contributed by atoms with E-state index in [-0.39, 0.29) is 35.2 Å². The first-order valence-electron chi connectivity index (χ1n) is 9.65. The number of carbonyl (C=O) groups excluding carboxylic acids is 1. The maximum absolute atomic E-state index is 12.4. The Morgan fingerprint density at radius 2 is 2.00 bits per heavy atom. The second-order valence-corrected chi connectivity index (χ2v) is 9.19. The van der Waals surface area contributed by atoms with Gasteiger partial charge in [-0.05, 0) is 56.8 Å². The third-order valence-corrected chi connectivity index (χ3v) is 6.66. The molecule has 3 rings (SSSR count). The van der Waals surface area contributed by atoms with E-state index in [1.807, 2.05) is 0 Å². The van der Waals surface area contributed by atoms with Gasteiger partial charge in [0.05, 0.1) is 11.0 Å². The molecule has 1 amide bonds. The highest BCUT2D eigenvalue weighted by molar-refractivity contribution is 7.89. The number of amides is 1. The van der Waals surface area contributed by atoms with Crippen LogP contribution in [0.15, 0.2) is 29.2 Å². The van der Waals surface area contributed by atoms with Crippen molar-refractivity contribution in [3.63, 3.8) is 0 Å². The summed E-state index contributed by atoms with van der Waals surface area (Å²) in [5.74, 6) is 0.112. The van der Waals surface area contributed by atoms with Gasteiger partial charge in [-0.25, -0.2) is 13.1 Å². The van der Waals surface area contributed by atoms with E-state index in [9.17, 15) is 13.2 Å². The lowest BCUT2D eigenvalue weighted by Gasteiger charge is -2.27. The molecule has 158 valence electrons. The van der Waals surface area contributed by atoms with Crippen molar-refractivity contribution in [2.24, 2.45) is 5.92 Å². The van der Waals surface area contributed by atoms with Crippen molar-refractivity contribution in [1.82, 2.24) is 15.4 Å². The lowest BCUT2D eigenvalue weighted by atomic mass is 9.92. The maximum atomic E-state index is 12.4. The molecular weight excluding hydrogens is 402 g/mol. The van der Waals surface area contributed by atoms with Crippen LogP contribution >= 0.6 is 12.4 Å². The molecule has 1 aromatic carbocycles. The first-order chi connectivity index (χ1) is 12.9. The summed E-state index contributed by atoms with van der Waals surface area (Å²) >= 11 is 0. The topological polar surface area (TPSA) is 96.5 Å². The fourth-order valence-electron chi connectivity index (χ4n) is 3.58. The van der Waals surface area contributed by atoms with Crippen molar-refractivity contribution >= 4 is 28.3 Å². The Kier molecular flexibility index (Phi) is 8.70. The van der Waals surface area contributed by atoms with Crippen LogP contribution in [0, 0.1) is 5.92 Å². The van der Waals surface area contributed by atoms with E-state index in [0.717, 1.165) is 37.8 Å². The molecule has 0 spiro atoms. The highest BCUT2D eigenvalue weighted by Crippen LogP contribution is 2.17. The van der Waals surface area contributed by atoms with Crippen molar-refractivity contribution < 1.29 is 17.9 Å². The fraction of sp³-hybridized carbons (Fsp3) is 0.632. The van der Waals surface area contributed by atoms with E-state index < -0.39 is 10.0 Å². The molecule has 28 heavy (non-hydrogen) atoms. The molecule has 3 atom stereocenters. The van der Waals surface area contributed by atoms with Gasteiger partial charge in [0.25, 0.3) is 0 Å². The molecule has 2 aliphatic rings. The van der Waals surface area contributed by atoms with Crippen molar-refractivity contribution in [2.75, 3.05) is 19.7 Å². The van der Waals surface area contributed by atoms with E-state index in [4.69, 9.17) is 4.74 Å². The number of piperidine rings is 1. The number of carbonyl (C=O) groups is 1. The van der Waals surface area contributed by atoms with Gasteiger partial charge in [0.1, 0.15) is 0 Å². The first kappa shape index (κ1) is 23.1. The van der Waals surface area contributed by atoms with Crippen LogP contribution < -0.4 is 15.4 Å². The minimum absolute atomic E-state index is 0. The Bertz CT molecular complexity index is 736. The second kappa shape index (κ2) is 10.5. The summed E-state index contributed by atoms with van der Waals surface area (Å²) in [7, 11) is -3.54. The first-order valence-corrected chi connectivity index (χ1v) is 11.1. The van der Waals surface area contributed by atoms with Crippen molar-refractivity contribution in [3.05, 3.63) is 29.8 Å². The summed E-state index contributed by atoms with van der Waals surface area (Å²) in [6.45, 7) is 4.36. The fourth-order valence-corrected chi connectivity index (χ4v) is 4.65. The standard InChI is InChI=1S/C19H29N3O4S.ClH/c1-14-11-16(8-9-20-14)19(23)21-12-15-4-6-18(7-5-15)27(24,25)22-13-17-3-2-10-26-17;/h4-7,14,16-17,20,22H,2-3,8-13H2,1H3,(H,21,23);1H/t14-,16-,17?;/m0./s1. The van der Waals surface area contributed by atoms with Crippen LogP contribution in [-0.2, 0) is 26.1 Å². The van der Waals surface area contributed by atoms with Gasteiger partial charge in [-0.1, -0.05) is 12.1 Å². The Labute approximate surface area is 173 Å². The van der Waals surface area contributed by atoms with Gasteiger partial charge in [-0.15, -0.1) is 12.4 Å². The van der Waals surface area contributed by atoms with Crippen molar-refractivity contribution in [3.8, 4) is 0 Å². The van der Waals surface area contributed by atoms with Crippen molar-refractivity contribution in [1.29, 1.82) is 0 Å². The number of rotatable bonds is 7. The molecule has 9 heteroatoms. The molecule has 7 nitrogen and oxygen atoms in total. The summed E-state index contributed by atoms with van der Waals surface area (Å²) in [6, 6.07) is 7.00. The molecular formula is C19H30ClN3O4S. The molecule has 2 fully saturated rings. The number of sulfonamides is 1. The Hall–Kier alpha value is -1.19. The van der Waals surface area contributed by atoms with Crippen molar-refractivity contribution in [2.45, 2.75) is 56.2 Å². The van der Waals surface area contributed by atoms with Gasteiger partial charge in [0.15, 0.2) is 0 Å². The summed E-state index contributed by atoms with van der Waals surface area (Å²) in [4.78, 5) is 12.5. The molecule has 3 N–H and O–H groups in total. The molecule has 0 aliphatic carbocycles. The van der Waals surface area contributed by atoms with Gasteiger partial charge in [-0.3, -0.25) is 4.79 Å². The minimum Gasteiger partial charge on any atom is -0.377 e. The zero-order valence-corrected chi connectivity index (χ0v) is 17.8. The van der Waals surface area contributed by atoms with Gasteiger partial charge in [0.2, 0.25) is 15.9 Å². The van der Waals surface area contributed by atoms with Gasteiger partial charge >= 0.3 is 0 Å². The number of nitrogens with one attached hydrogen (secondary N) is 3. The number of hydrogen-bond donors (Lipinski definition) is 3. The third-order valence-electron chi connectivity index (χ3n) is 5.22. The van der Waals surface area contributed by atoms with E-state index in [1.165, 1.54) is 0 Å². The molecule has 2 heterocycles. The summed E-state index contributed by atoms with van der Waals surface area (Å²) < 4.78 is 32.8. The lowest BCUT2D eigenvalue weighted by Crippen LogP contribution is -2.42. The number of hydrogen-bond acceptors (Lipinski definition) is 5. The number of ether oxygens (including phenoxy) is 1. The molecule has 1 aromatic rings. The zero-order chi connectivity index (χ0) is 19.3. The van der Waals surface area contributed by atoms with Crippen LogP contribution in [0.25, 0.3) is 0 Å². The maximum Gasteiger partial charge on any atom is 0.240 e. The van der Waals surface area contributed by atoms with Crippen LogP contribution in [0.2, 0.25) is 0 Å². The summed E-state index contributed by atoms with van der Waals surface area (Å²) in [5, 5.41) is 6.30. The van der Waals surface area contributed by atoms with E-state index in [0.29, 0.717) is 25.7 Å². The third kappa shape index (κ3) is 6.42. The van der Waals surface area contributed by atoms with E-state index >= 15 is 0 Å². The van der Waals surface area contributed by atoms with Gasteiger partial charge in [-0.2, -0.15) is 0 Å². The van der Waals surface area contributed by atoms with E-state index in [1.54, 1.807) is 24.3 Å². The number of benzene rings is 1. The average molecular weight is 432 g/mol. The molecule has 1 unspecified atom stereocenters. The lowest BCUT2D eigenvalue weighted by molar-refractivity contribution is -0.126. The Morgan fingerprint density at radius 1 is 1.25 bits per heavy atom. The van der Waals surface area contributed by atoms with Crippen LogP contribution in [0.1, 0.15) is 38.2 Å². The van der Waals surface area contributed by atoms with Gasteiger partial charge in [0, 0.05) is 31.7 Å². The van der Waals surface area contributed by atoms with Crippen LogP contribution in [0.4, 0.5) is 0 Å². The second-order valence-electron chi connectivity index (χ2n) is 7.43. The molecule has 2 saturated heterocycles. The quantitative estimate of drug-likeness (QED) is 0.609. The molecule has 2 aliphatic heterocycles. The predicted octanol–water partition coefficient (Wildman–Crippen LogP) is 1.57. The molecule has 0 aromatic heterocycles. The largest absolute Gasteiger partial charge is 0.377 e. The smallest absolute Gasteiger partial charge is 0.240 e. The highest BCUT2D eigenvalue weighted by Gasteiger charge is 2.24. The Morgan fingerprint density at radius 3 is 2.64 bits per heavy atom. The van der Waals surface area contributed by atoms with Crippen LogP contribution in [0.5, 0.6) is 0 Å². The zero-order valence-electron chi connectivity index (χ0n) is 16.1. The normalized spacial score (nSPS) is 25.1. The summed E-state index contributed by atoms with van der Waals surface area (Å²) in [6.07, 6.45) is 3.52. The predicted molar refractivity (Wildman–Crippen MR) is 110 cm³/mol. The molecule has 0 bridgehead atoms.